The van der Waals surface area contributed by atoms with Gasteiger partial charge in [-0.2, -0.15) is 0 Å². The van der Waals surface area contributed by atoms with Gasteiger partial charge in [-0.1, -0.05) is 36.4 Å². The van der Waals surface area contributed by atoms with E-state index in [4.69, 9.17) is 4.74 Å². The summed E-state index contributed by atoms with van der Waals surface area (Å²) in [6.45, 7) is 2.01. The van der Waals surface area contributed by atoms with E-state index in [1.54, 1.807) is 24.3 Å². The fourth-order valence-electron chi connectivity index (χ4n) is 2.78. The minimum Gasteiger partial charge on any atom is -0.497 e. The third-order valence-corrected chi connectivity index (χ3v) is 6.15. The van der Waals surface area contributed by atoms with Crippen molar-refractivity contribution in [2.24, 2.45) is 0 Å². The summed E-state index contributed by atoms with van der Waals surface area (Å²) in [5, 5.41) is 0. The Morgan fingerprint density at radius 3 is 2.19 bits per heavy atom. The Morgan fingerprint density at radius 1 is 0.926 bits per heavy atom. The summed E-state index contributed by atoms with van der Waals surface area (Å²) < 4.78 is 47.2. The van der Waals surface area contributed by atoms with Crippen molar-refractivity contribution in [2.45, 2.75) is 18.4 Å². The Bertz CT molecular complexity index is 1030. The van der Waals surface area contributed by atoms with Crippen LogP contribution in [0.5, 0.6) is 5.75 Å². The summed E-state index contributed by atoms with van der Waals surface area (Å²) in [6.07, 6.45) is 0. The van der Waals surface area contributed by atoms with Crippen molar-refractivity contribution < 1.29 is 17.5 Å². The molecule has 0 radical (unpaired) electrons. The van der Waals surface area contributed by atoms with E-state index < -0.39 is 15.8 Å². The number of hydrogen-bond acceptors (Lipinski definition) is 3. The molecule has 3 aromatic rings. The second kappa shape index (κ2) is 7.80. The molecule has 0 saturated carbocycles. The number of sulfonamides is 1. The molecule has 6 heteroatoms. The van der Waals surface area contributed by atoms with Crippen LogP contribution in [0.1, 0.15) is 11.1 Å². The van der Waals surface area contributed by atoms with Gasteiger partial charge in [0.1, 0.15) is 16.5 Å². The SMILES string of the molecule is COc1ccc(N(Cc2ccccc2C)S(=O)(=O)c2ccccc2F)cc1. The molecule has 0 saturated heterocycles. The molecule has 0 amide bonds. The molecule has 0 N–H and O–H groups in total. The number of halogens is 1. The van der Waals surface area contributed by atoms with Crippen molar-refractivity contribution in [3.05, 3.63) is 89.7 Å². The zero-order valence-corrected chi connectivity index (χ0v) is 15.9. The van der Waals surface area contributed by atoms with Crippen molar-refractivity contribution in [1.29, 1.82) is 0 Å². The van der Waals surface area contributed by atoms with Gasteiger partial charge in [0.15, 0.2) is 0 Å². The van der Waals surface area contributed by atoms with Gasteiger partial charge >= 0.3 is 0 Å². The van der Waals surface area contributed by atoms with Crippen LogP contribution in [0.15, 0.2) is 77.7 Å². The van der Waals surface area contributed by atoms with E-state index in [-0.39, 0.29) is 11.4 Å². The first-order valence-corrected chi connectivity index (χ1v) is 9.83. The van der Waals surface area contributed by atoms with Gasteiger partial charge in [-0.05, 0) is 54.4 Å². The molecule has 3 aromatic carbocycles. The number of rotatable bonds is 6. The van der Waals surface area contributed by atoms with Crippen LogP contribution in [0.4, 0.5) is 10.1 Å². The molecular formula is C21H20FNO3S. The molecule has 0 aliphatic heterocycles. The number of hydrogen-bond donors (Lipinski definition) is 0. The average molecular weight is 385 g/mol. The van der Waals surface area contributed by atoms with E-state index in [0.717, 1.165) is 17.2 Å². The lowest BCUT2D eigenvalue weighted by atomic mass is 10.1. The highest BCUT2D eigenvalue weighted by molar-refractivity contribution is 7.92. The molecule has 140 valence electrons. The molecule has 27 heavy (non-hydrogen) atoms. The van der Waals surface area contributed by atoms with Crippen LogP contribution in [0, 0.1) is 12.7 Å². The smallest absolute Gasteiger partial charge is 0.267 e. The van der Waals surface area contributed by atoms with Gasteiger partial charge in [0.25, 0.3) is 10.0 Å². The monoisotopic (exact) mass is 385 g/mol. The number of aryl methyl sites for hydroxylation is 1. The maximum atomic E-state index is 14.3. The number of benzene rings is 3. The fraction of sp³-hybridized carbons (Fsp3) is 0.143. The Balaban J connectivity index is 2.11. The van der Waals surface area contributed by atoms with Gasteiger partial charge < -0.3 is 4.74 Å². The summed E-state index contributed by atoms with van der Waals surface area (Å²) in [4.78, 5) is -0.352. The Kier molecular flexibility index (Phi) is 5.46. The predicted octanol–water partition coefficient (Wildman–Crippen LogP) is 4.54. The number of nitrogens with zero attached hydrogens (tertiary/aromatic N) is 1. The molecular weight excluding hydrogens is 365 g/mol. The minimum absolute atomic E-state index is 0.0929. The standard InChI is InChI=1S/C21H20FNO3S/c1-16-7-3-4-8-17(16)15-23(18-11-13-19(26-2)14-12-18)27(24,25)21-10-6-5-9-20(21)22/h3-14H,15H2,1-2H3. The molecule has 0 spiro atoms. The van der Waals surface area contributed by atoms with E-state index in [1.165, 1.54) is 29.6 Å². The zero-order valence-electron chi connectivity index (χ0n) is 15.1. The fourth-order valence-corrected chi connectivity index (χ4v) is 4.29. The third kappa shape index (κ3) is 3.95. The van der Waals surface area contributed by atoms with E-state index in [2.05, 4.69) is 0 Å². The summed E-state index contributed by atoms with van der Waals surface area (Å²) in [5.41, 5.74) is 2.23. The topological polar surface area (TPSA) is 46.6 Å². The van der Waals surface area contributed by atoms with Gasteiger partial charge in [-0.15, -0.1) is 0 Å². The van der Waals surface area contributed by atoms with Crippen LogP contribution in [0.25, 0.3) is 0 Å². The van der Waals surface area contributed by atoms with Gasteiger partial charge in [0.2, 0.25) is 0 Å². The van der Waals surface area contributed by atoms with E-state index >= 15 is 0 Å². The molecule has 3 rings (SSSR count). The normalized spacial score (nSPS) is 11.2. The van der Waals surface area contributed by atoms with E-state index in [1.807, 2.05) is 31.2 Å². The molecule has 0 fully saturated rings. The summed E-state index contributed by atoms with van der Waals surface area (Å²) in [7, 11) is -2.56. The highest BCUT2D eigenvalue weighted by atomic mass is 32.2. The first-order valence-electron chi connectivity index (χ1n) is 8.39. The first kappa shape index (κ1) is 18.9. The van der Waals surface area contributed by atoms with Crippen molar-refractivity contribution in [3.63, 3.8) is 0 Å². The lowest BCUT2D eigenvalue weighted by Gasteiger charge is -2.25. The largest absolute Gasteiger partial charge is 0.497 e. The van der Waals surface area contributed by atoms with Crippen LogP contribution >= 0.6 is 0 Å². The highest BCUT2D eigenvalue weighted by Gasteiger charge is 2.28. The molecule has 0 aliphatic rings. The number of ether oxygens (including phenoxy) is 1. The summed E-state index contributed by atoms with van der Waals surface area (Å²) >= 11 is 0. The van der Waals surface area contributed by atoms with Crippen molar-refractivity contribution in [2.75, 3.05) is 11.4 Å². The molecule has 0 atom stereocenters. The third-order valence-electron chi connectivity index (χ3n) is 4.34. The first-order chi connectivity index (χ1) is 12.9. The van der Waals surface area contributed by atoms with Crippen LogP contribution in [-0.4, -0.2) is 15.5 Å². The van der Waals surface area contributed by atoms with Crippen LogP contribution < -0.4 is 9.04 Å². The maximum Gasteiger partial charge on any atom is 0.267 e. The van der Waals surface area contributed by atoms with Crippen molar-refractivity contribution in [3.8, 4) is 5.75 Å². The molecule has 0 aromatic heterocycles. The molecule has 0 unspecified atom stereocenters. The van der Waals surface area contributed by atoms with Crippen molar-refractivity contribution in [1.82, 2.24) is 0 Å². The molecule has 0 aliphatic carbocycles. The lowest BCUT2D eigenvalue weighted by molar-refractivity contribution is 0.415. The second-order valence-corrected chi connectivity index (χ2v) is 7.90. The molecule has 4 nitrogen and oxygen atoms in total. The summed E-state index contributed by atoms with van der Waals surface area (Å²) in [5.74, 6) is -0.168. The average Bonchev–Trinajstić information content (AvgIpc) is 2.67. The van der Waals surface area contributed by atoms with Crippen LogP contribution in [0.2, 0.25) is 0 Å². The Morgan fingerprint density at radius 2 is 1.56 bits per heavy atom. The summed E-state index contributed by atoms with van der Waals surface area (Å²) in [6, 6.07) is 19.6. The highest BCUT2D eigenvalue weighted by Crippen LogP contribution is 2.29. The van der Waals surface area contributed by atoms with Gasteiger partial charge in [0.05, 0.1) is 19.3 Å². The quantitative estimate of drug-likeness (QED) is 0.626. The Labute approximate surface area is 158 Å². The van der Waals surface area contributed by atoms with E-state index in [9.17, 15) is 12.8 Å². The Hall–Kier alpha value is -2.86. The minimum atomic E-state index is -4.10. The maximum absolute atomic E-state index is 14.3. The van der Waals surface area contributed by atoms with Gasteiger partial charge in [-0.3, -0.25) is 4.31 Å². The number of methoxy groups -OCH3 is 1. The zero-order chi connectivity index (χ0) is 19.4. The van der Waals surface area contributed by atoms with Crippen LogP contribution in [0.3, 0.4) is 0 Å². The lowest BCUT2D eigenvalue weighted by Crippen LogP contribution is -2.31. The van der Waals surface area contributed by atoms with E-state index in [0.29, 0.717) is 11.4 Å². The van der Waals surface area contributed by atoms with Gasteiger partial charge in [-0.25, -0.2) is 12.8 Å². The second-order valence-electron chi connectivity index (χ2n) is 6.07. The van der Waals surface area contributed by atoms with Gasteiger partial charge in [0, 0.05) is 0 Å². The predicted molar refractivity (Wildman–Crippen MR) is 104 cm³/mol. The van der Waals surface area contributed by atoms with Crippen LogP contribution in [-0.2, 0) is 16.6 Å². The van der Waals surface area contributed by atoms with Crippen molar-refractivity contribution >= 4 is 15.7 Å². The number of anilines is 1. The molecule has 0 heterocycles. The molecule has 0 bridgehead atoms.